The zero-order valence-electron chi connectivity index (χ0n) is 8.84. The second-order valence-corrected chi connectivity index (χ2v) is 5.73. The van der Waals surface area contributed by atoms with Gasteiger partial charge in [-0.1, -0.05) is 25.8 Å². The normalized spacial score (nSPS) is 30.6. The van der Waals surface area contributed by atoms with Crippen molar-refractivity contribution in [3.8, 4) is 0 Å². The highest BCUT2D eigenvalue weighted by Gasteiger charge is 2.23. The first kappa shape index (κ1) is 10.6. The molecular weight excluding hydrogens is 192 g/mol. The Bertz CT molecular complexity index is 196. The molecule has 1 aliphatic heterocycles. The van der Waals surface area contributed by atoms with Gasteiger partial charge in [-0.3, -0.25) is 0 Å². The summed E-state index contributed by atoms with van der Waals surface area (Å²) in [4.78, 5) is 0. The molecule has 0 bridgehead atoms. The molecule has 0 aromatic rings. The van der Waals surface area contributed by atoms with E-state index in [1.807, 2.05) is 11.8 Å². The molecule has 0 aromatic heterocycles. The first-order valence-electron chi connectivity index (χ1n) is 5.81. The van der Waals surface area contributed by atoms with E-state index >= 15 is 0 Å². The second kappa shape index (κ2) is 5.22. The van der Waals surface area contributed by atoms with Gasteiger partial charge in [0.15, 0.2) is 0 Å². The number of hydrogen-bond donors (Lipinski definition) is 0. The summed E-state index contributed by atoms with van der Waals surface area (Å²) < 4.78 is 5.76. The maximum Gasteiger partial charge on any atom is 0.124 e. The van der Waals surface area contributed by atoms with Crippen LogP contribution in [0.1, 0.15) is 44.9 Å². The Hall–Kier alpha value is 0.0500. The Balaban J connectivity index is 1.79. The molecule has 0 spiro atoms. The standard InChI is InChI=1S/C12H20OS/c1-10-6-5-9-13-12(10)14-11-7-3-2-4-8-11/h11-12H,1-9H2. The van der Waals surface area contributed by atoms with Crippen molar-refractivity contribution in [1.29, 1.82) is 0 Å². The smallest absolute Gasteiger partial charge is 0.124 e. The lowest BCUT2D eigenvalue weighted by molar-refractivity contribution is 0.107. The van der Waals surface area contributed by atoms with Gasteiger partial charge in [-0.25, -0.2) is 0 Å². The van der Waals surface area contributed by atoms with Crippen LogP contribution in [-0.2, 0) is 4.74 Å². The zero-order valence-corrected chi connectivity index (χ0v) is 9.65. The largest absolute Gasteiger partial charge is 0.363 e. The number of thioether (sulfide) groups is 1. The minimum atomic E-state index is 0.312. The SMILES string of the molecule is C=C1CCCOC1SC1CCCCC1. The third-order valence-corrected chi connectivity index (χ3v) is 4.69. The summed E-state index contributed by atoms with van der Waals surface area (Å²) in [7, 11) is 0. The Labute approximate surface area is 91.3 Å². The van der Waals surface area contributed by atoms with E-state index in [0.29, 0.717) is 5.44 Å². The van der Waals surface area contributed by atoms with Crippen molar-refractivity contribution in [2.45, 2.75) is 55.6 Å². The molecule has 1 aliphatic carbocycles. The van der Waals surface area contributed by atoms with E-state index < -0.39 is 0 Å². The molecule has 80 valence electrons. The molecule has 1 nitrogen and oxygen atoms in total. The Morgan fingerprint density at radius 1 is 1.14 bits per heavy atom. The fourth-order valence-corrected chi connectivity index (χ4v) is 3.68. The summed E-state index contributed by atoms with van der Waals surface area (Å²) in [6.07, 6.45) is 9.37. The highest BCUT2D eigenvalue weighted by atomic mass is 32.2. The molecule has 1 saturated heterocycles. The molecule has 1 unspecified atom stereocenters. The molecule has 0 amide bonds. The topological polar surface area (TPSA) is 9.23 Å². The van der Waals surface area contributed by atoms with Gasteiger partial charge < -0.3 is 4.74 Å². The van der Waals surface area contributed by atoms with Gasteiger partial charge in [-0.15, -0.1) is 11.8 Å². The lowest BCUT2D eigenvalue weighted by Crippen LogP contribution is -2.22. The van der Waals surface area contributed by atoms with Crippen LogP contribution in [0, 0.1) is 0 Å². The van der Waals surface area contributed by atoms with Gasteiger partial charge in [0, 0.05) is 11.9 Å². The Kier molecular flexibility index (Phi) is 3.94. The Morgan fingerprint density at radius 2 is 1.93 bits per heavy atom. The van der Waals surface area contributed by atoms with Gasteiger partial charge in [0.25, 0.3) is 0 Å². The highest BCUT2D eigenvalue weighted by molar-refractivity contribution is 8.00. The van der Waals surface area contributed by atoms with Gasteiger partial charge in [0.2, 0.25) is 0 Å². The zero-order chi connectivity index (χ0) is 9.80. The first-order chi connectivity index (χ1) is 6.86. The Morgan fingerprint density at radius 3 is 2.64 bits per heavy atom. The fourth-order valence-electron chi connectivity index (χ4n) is 2.24. The van der Waals surface area contributed by atoms with Crippen molar-refractivity contribution >= 4 is 11.8 Å². The van der Waals surface area contributed by atoms with Gasteiger partial charge in [0.05, 0.1) is 0 Å². The predicted molar refractivity (Wildman–Crippen MR) is 62.6 cm³/mol. The molecule has 14 heavy (non-hydrogen) atoms. The van der Waals surface area contributed by atoms with Crippen molar-refractivity contribution in [2.24, 2.45) is 0 Å². The molecule has 2 rings (SSSR count). The number of ether oxygens (including phenoxy) is 1. The fraction of sp³-hybridized carbons (Fsp3) is 0.833. The molecule has 2 aliphatic rings. The molecule has 1 atom stereocenters. The quantitative estimate of drug-likeness (QED) is 0.645. The van der Waals surface area contributed by atoms with E-state index in [9.17, 15) is 0 Å². The summed E-state index contributed by atoms with van der Waals surface area (Å²) in [5.74, 6) is 0. The highest BCUT2D eigenvalue weighted by Crippen LogP contribution is 2.36. The van der Waals surface area contributed by atoms with Crippen LogP contribution in [0.4, 0.5) is 0 Å². The minimum absolute atomic E-state index is 0.312. The van der Waals surface area contributed by atoms with Crippen molar-refractivity contribution < 1.29 is 4.74 Å². The summed E-state index contributed by atoms with van der Waals surface area (Å²) in [5.41, 5.74) is 1.62. The van der Waals surface area contributed by atoms with Crippen LogP contribution in [0.25, 0.3) is 0 Å². The van der Waals surface area contributed by atoms with Crippen molar-refractivity contribution in [3.63, 3.8) is 0 Å². The maximum atomic E-state index is 5.76. The average Bonchev–Trinajstić information content (AvgIpc) is 2.23. The monoisotopic (exact) mass is 212 g/mol. The number of hydrogen-bond acceptors (Lipinski definition) is 2. The third-order valence-electron chi connectivity index (χ3n) is 3.11. The van der Waals surface area contributed by atoms with E-state index in [1.165, 1.54) is 50.5 Å². The van der Waals surface area contributed by atoms with Crippen LogP contribution in [0.5, 0.6) is 0 Å². The predicted octanol–water partition coefficient (Wildman–Crippen LogP) is 3.75. The van der Waals surface area contributed by atoms with Crippen LogP contribution in [0.15, 0.2) is 12.2 Å². The van der Waals surface area contributed by atoms with Gasteiger partial charge in [0.1, 0.15) is 5.44 Å². The molecule has 2 fully saturated rings. The van der Waals surface area contributed by atoms with E-state index in [0.717, 1.165) is 11.9 Å². The summed E-state index contributed by atoms with van der Waals surface area (Å²) in [6, 6.07) is 0. The van der Waals surface area contributed by atoms with Crippen LogP contribution in [0.3, 0.4) is 0 Å². The summed E-state index contributed by atoms with van der Waals surface area (Å²) >= 11 is 2.03. The van der Waals surface area contributed by atoms with Gasteiger partial charge >= 0.3 is 0 Å². The van der Waals surface area contributed by atoms with E-state index in [4.69, 9.17) is 4.74 Å². The van der Waals surface area contributed by atoms with Crippen molar-refractivity contribution in [1.82, 2.24) is 0 Å². The maximum absolute atomic E-state index is 5.76. The van der Waals surface area contributed by atoms with Gasteiger partial charge in [-0.2, -0.15) is 0 Å². The second-order valence-electron chi connectivity index (χ2n) is 4.36. The molecular formula is C12H20OS. The molecule has 2 heteroatoms. The van der Waals surface area contributed by atoms with Crippen molar-refractivity contribution in [2.75, 3.05) is 6.61 Å². The van der Waals surface area contributed by atoms with Crippen LogP contribution >= 0.6 is 11.8 Å². The lowest BCUT2D eigenvalue weighted by Gasteiger charge is -2.30. The minimum Gasteiger partial charge on any atom is -0.363 e. The molecule has 0 N–H and O–H groups in total. The molecule has 1 saturated carbocycles. The van der Waals surface area contributed by atoms with Crippen LogP contribution < -0.4 is 0 Å². The van der Waals surface area contributed by atoms with E-state index in [-0.39, 0.29) is 0 Å². The lowest BCUT2D eigenvalue weighted by atomic mass is 10.0. The third kappa shape index (κ3) is 2.77. The average molecular weight is 212 g/mol. The summed E-state index contributed by atoms with van der Waals surface area (Å²) in [6.45, 7) is 5.05. The van der Waals surface area contributed by atoms with E-state index in [2.05, 4.69) is 6.58 Å². The van der Waals surface area contributed by atoms with Crippen LogP contribution in [0.2, 0.25) is 0 Å². The number of rotatable bonds is 2. The molecule has 0 aromatic carbocycles. The molecule has 1 heterocycles. The first-order valence-corrected chi connectivity index (χ1v) is 6.75. The van der Waals surface area contributed by atoms with Crippen molar-refractivity contribution in [3.05, 3.63) is 12.2 Å². The molecule has 0 radical (unpaired) electrons. The summed E-state index contributed by atoms with van der Waals surface area (Å²) in [5, 5.41) is 0.837. The van der Waals surface area contributed by atoms with E-state index in [1.54, 1.807) is 0 Å². The van der Waals surface area contributed by atoms with Gasteiger partial charge in [-0.05, 0) is 31.3 Å². The van der Waals surface area contributed by atoms with Crippen LogP contribution in [-0.4, -0.2) is 17.3 Å².